The summed E-state index contributed by atoms with van der Waals surface area (Å²) in [5.74, 6) is 0.897. The van der Waals surface area contributed by atoms with Crippen molar-refractivity contribution in [3.8, 4) is 11.5 Å². The molecule has 6 heteroatoms. The minimum atomic E-state index is -0.575. The van der Waals surface area contributed by atoms with Crippen LogP contribution in [0.3, 0.4) is 0 Å². The number of rotatable bonds is 6. The van der Waals surface area contributed by atoms with Crippen LogP contribution in [0.5, 0.6) is 11.5 Å². The van der Waals surface area contributed by atoms with E-state index in [1.807, 2.05) is 63.2 Å². The lowest BCUT2D eigenvalue weighted by Gasteiger charge is -2.33. The number of nitrogens with one attached hydrogen (secondary N) is 1. The van der Waals surface area contributed by atoms with E-state index < -0.39 is 6.10 Å². The Balaban J connectivity index is 1.50. The Kier molecular flexibility index (Phi) is 6.36. The predicted octanol–water partition coefficient (Wildman–Crippen LogP) is 4.94. The van der Waals surface area contributed by atoms with Crippen LogP contribution in [0.25, 0.3) is 0 Å². The maximum Gasteiger partial charge on any atom is 0.268 e. The minimum absolute atomic E-state index is 0.110. The highest BCUT2D eigenvalue weighted by atomic mass is 16.5. The number of carbonyl (C=O) groups is 2. The molecule has 0 radical (unpaired) electrons. The van der Waals surface area contributed by atoms with E-state index in [4.69, 9.17) is 9.47 Å². The third kappa shape index (κ3) is 5.00. The first-order valence-electron chi connectivity index (χ1n) is 11.0. The van der Waals surface area contributed by atoms with E-state index in [1.165, 1.54) is 0 Å². The summed E-state index contributed by atoms with van der Waals surface area (Å²) in [6.45, 7) is 8.05. The molecule has 170 valence electrons. The number of nitrogens with zero attached hydrogens (tertiary/aromatic N) is 1. The van der Waals surface area contributed by atoms with E-state index in [9.17, 15) is 9.59 Å². The Hall–Kier alpha value is -3.80. The first-order valence-corrected chi connectivity index (χ1v) is 11.0. The van der Waals surface area contributed by atoms with Crippen LogP contribution >= 0.6 is 0 Å². The second-order valence-electron chi connectivity index (χ2n) is 8.39. The van der Waals surface area contributed by atoms with Crippen molar-refractivity contribution < 1.29 is 19.1 Å². The van der Waals surface area contributed by atoms with Gasteiger partial charge in [-0.05, 0) is 68.7 Å². The molecule has 6 nitrogen and oxygen atoms in total. The van der Waals surface area contributed by atoms with E-state index in [0.717, 1.165) is 22.3 Å². The van der Waals surface area contributed by atoms with Crippen molar-refractivity contribution in [3.05, 3.63) is 82.9 Å². The Morgan fingerprint density at radius 2 is 1.82 bits per heavy atom. The van der Waals surface area contributed by atoms with E-state index in [0.29, 0.717) is 29.4 Å². The molecule has 2 amide bonds. The number of hydrogen-bond donors (Lipinski definition) is 1. The van der Waals surface area contributed by atoms with E-state index in [2.05, 4.69) is 5.32 Å². The summed E-state index contributed by atoms with van der Waals surface area (Å²) in [4.78, 5) is 27.1. The van der Waals surface area contributed by atoms with Gasteiger partial charge in [0, 0.05) is 5.69 Å². The molecule has 3 aromatic rings. The Morgan fingerprint density at radius 3 is 2.58 bits per heavy atom. The van der Waals surface area contributed by atoms with Crippen LogP contribution < -0.4 is 19.7 Å². The first-order chi connectivity index (χ1) is 15.8. The summed E-state index contributed by atoms with van der Waals surface area (Å²) in [5, 5.41) is 2.86. The molecule has 33 heavy (non-hydrogen) atoms. The van der Waals surface area contributed by atoms with Crippen LogP contribution in [0, 0.1) is 20.8 Å². The maximum absolute atomic E-state index is 12.9. The molecular weight excluding hydrogens is 416 g/mol. The van der Waals surface area contributed by atoms with Crippen LogP contribution in [0.1, 0.15) is 29.2 Å². The van der Waals surface area contributed by atoms with Crippen molar-refractivity contribution in [1.29, 1.82) is 0 Å². The molecule has 1 aliphatic rings. The summed E-state index contributed by atoms with van der Waals surface area (Å²) in [5.41, 5.74) is 5.50. The average molecular weight is 445 g/mol. The van der Waals surface area contributed by atoms with Gasteiger partial charge in [-0.2, -0.15) is 0 Å². The van der Waals surface area contributed by atoms with Crippen molar-refractivity contribution >= 4 is 23.2 Å². The van der Waals surface area contributed by atoms with Gasteiger partial charge in [-0.3, -0.25) is 9.59 Å². The highest BCUT2D eigenvalue weighted by molar-refractivity contribution is 6.01. The molecular formula is C27H28N2O4. The number of fused-ring (bicyclic) bond motifs is 1. The maximum atomic E-state index is 12.9. The number of amides is 2. The molecule has 0 saturated carbocycles. The molecule has 0 aliphatic carbocycles. The number of carbonyl (C=O) groups excluding carboxylic acids is 2. The van der Waals surface area contributed by atoms with Crippen molar-refractivity contribution in [2.45, 2.75) is 40.3 Å². The molecule has 0 aromatic heterocycles. The third-order valence-electron chi connectivity index (χ3n) is 5.83. The second-order valence-corrected chi connectivity index (χ2v) is 8.39. The quantitative estimate of drug-likeness (QED) is 0.585. The molecule has 0 saturated heterocycles. The zero-order valence-electron chi connectivity index (χ0n) is 19.3. The molecule has 1 aliphatic heterocycles. The summed E-state index contributed by atoms with van der Waals surface area (Å²) in [6, 6.07) is 19.1. The monoisotopic (exact) mass is 444 g/mol. The first kappa shape index (κ1) is 22.4. The van der Waals surface area contributed by atoms with Crippen LogP contribution in [0.15, 0.2) is 60.7 Å². The van der Waals surface area contributed by atoms with Gasteiger partial charge in [0.1, 0.15) is 11.5 Å². The fourth-order valence-electron chi connectivity index (χ4n) is 3.74. The fourth-order valence-corrected chi connectivity index (χ4v) is 3.74. The smallest absolute Gasteiger partial charge is 0.268 e. The van der Waals surface area contributed by atoms with Gasteiger partial charge in [0.25, 0.3) is 11.8 Å². The van der Waals surface area contributed by atoms with Gasteiger partial charge in [0.05, 0.1) is 12.2 Å². The fraction of sp³-hybridized carbons (Fsp3) is 0.259. The van der Waals surface area contributed by atoms with Gasteiger partial charge in [-0.15, -0.1) is 0 Å². The molecule has 1 unspecified atom stereocenters. The topological polar surface area (TPSA) is 67.9 Å². The van der Waals surface area contributed by atoms with Crippen LogP contribution in [-0.4, -0.2) is 24.5 Å². The highest BCUT2D eigenvalue weighted by Crippen LogP contribution is 2.37. The SMILES string of the molecule is Cc1ccc(CN2C(=O)C(C)Oc3ccc(NC(=O)COc4cccc(C)c4C)cc32)cc1. The normalized spacial score (nSPS) is 15.0. The summed E-state index contributed by atoms with van der Waals surface area (Å²) in [6.07, 6.45) is -0.575. The van der Waals surface area contributed by atoms with Gasteiger partial charge in [0.15, 0.2) is 12.7 Å². The zero-order chi connectivity index (χ0) is 23.5. The van der Waals surface area contributed by atoms with Crippen molar-refractivity contribution in [2.75, 3.05) is 16.8 Å². The molecule has 0 fully saturated rings. The van der Waals surface area contributed by atoms with Crippen molar-refractivity contribution in [3.63, 3.8) is 0 Å². The summed E-state index contributed by atoms with van der Waals surface area (Å²) in [7, 11) is 0. The van der Waals surface area contributed by atoms with E-state index >= 15 is 0 Å². The highest BCUT2D eigenvalue weighted by Gasteiger charge is 2.31. The molecule has 0 spiro atoms. The Morgan fingerprint density at radius 1 is 1.06 bits per heavy atom. The Bertz CT molecular complexity index is 1190. The van der Waals surface area contributed by atoms with Crippen LogP contribution in [0.4, 0.5) is 11.4 Å². The largest absolute Gasteiger partial charge is 0.483 e. The lowest BCUT2D eigenvalue weighted by molar-refractivity contribution is -0.125. The van der Waals surface area contributed by atoms with Gasteiger partial charge >= 0.3 is 0 Å². The van der Waals surface area contributed by atoms with Gasteiger partial charge in [0.2, 0.25) is 0 Å². The molecule has 0 bridgehead atoms. The summed E-state index contributed by atoms with van der Waals surface area (Å²) >= 11 is 0. The molecule has 1 atom stereocenters. The van der Waals surface area contributed by atoms with E-state index in [-0.39, 0.29) is 18.4 Å². The number of benzene rings is 3. The van der Waals surface area contributed by atoms with Gasteiger partial charge in [-0.1, -0.05) is 42.0 Å². The van der Waals surface area contributed by atoms with Crippen molar-refractivity contribution in [2.24, 2.45) is 0 Å². The Labute approximate surface area is 194 Å². The lowest BCUT2D eigenvalue weighted by Crippen LogP contribution is -2.44. The van der Waals surface area contributed by atoms with E-state index in [1.54, 1.807) is 30.0 Å². The second kappa shape index (κ2) is 9.36. The standard InChI is InChI=1S/C27H28N2O4/c1-17-8-10-21(11-9-17)15-29-23-14-22(12-13-25(23)33-20(4)27(29)31)28-26(30)16-32-24-7-5-6-18(2)19(24)3/h5-14,20H,15-16H2,1-4H3,(H,28,30). The predicted molar refractivity (Wildman–Crippen MR) is 129 cm³/mol. The lowest BCUT2D eigenvalue weighted by atomic mass is 10.1. The zero-order valence-corrected chi connectivity index (χ0v) is 19.3. The van der Waals surface area contributed by atoms with Crippen LogP contribution in [-0.2, 0) is 16.1 Å². The van der Waals surface area contributed by atoms with Gasteiger partial charge < -0.3 is 19.7 Å². The third-order valence-corrected chi connectivity index (χ3v) is 5.83. The molecule has 1 N–H and O–H groups in total. The van der Waals surface area contributed by atoms with Crippen molar-refractivity contribution in [1.82, 2.24) is 0 Å². The minimum Gasteiger partial charge on any atom is -0.483 e. The van der Waals surface area contributed by atoms with Gasteiger partial charge in [-0.25, -0.2) is 0 Å². The number of hydrogen-bond acceptors (Lipinski definition) is 4. The average Bonchev–Trinajstić information content (AvgIpc) is 2.79. The number of ether oxygens (including phenoxy) is 2. The molecule has 4 rings (SSSR count). The molecule has 3 aromatic carbocycles. The number of anilines is 2. The molecule has 1 heterocycles. The summed E-state index contributed by atoms with van der Waals surface area (Å²) < 4.78 is 11.5. The number of aryl methyl sites for hydroxylation is 2. The van der Waals surface area contributed by atoms with Crippen LogP contribution in [0.2, 0.25) is 0 Å².